The average Bonchev–Trinajstić information content (AvgIpc) is 3.65. The number of carbonyl (C=O) groups is 3. The summed E-state index contributed by atoms with van der Waals surface area (Å²) < 4.78 is 13.0. The number of hydrogen-bond acceptors (Lipinski definition) is 7. The van der Waals surface area contributed by atoms with Gasteiger partial charge in [0, 0.05) is 24.2 Å². The van der Waals surface area contributed by atoms with Gasteiger partial charge in [-0.15, -0.1) is 0 Å². The normalized spacial score (nSPS) is 33.6. The van der Waals surface area contributed by atoms with Crippen molar-refractivity contribution in [3.63, 3.8) is 0 Å². The molecule has 208 valence electrons. The second-order valence-corrected chi connectivity index (χ2v) is 12.5. The summed E-state index contributed by atoms with van der Waals surface area (Å²) in [6.45, 7) is 4.08. The highest BCUT2D eigenvalue weighted by atomic mass is 16.5. The van der Waals surface area contributed by atoms with E-state index < -0.39 is 29.2 Å². The SMILES string of the molecule is CCCCOc1ccc2c3c1O[C@H]1[C@H](N4C(=O)c5ccccc5C4=O)CC[C@@]4(O)[C@@H](C2=O)N(CC2CC2)CC[C@]314. The van der Waals surface area contributed by atoms with E-state index in [1.807, 2.05) is 12.1 Å². The molecule has 3 aliphatic heterocycles. The first-order valence-electron chi connectivity index (χ1n) is 14.8. The molecule has 1 N–H and O–H groups in total. The van der Waals surface area contributed by atoms with E-state index in [0.29, 0.717) is 66.5 Å². The van der Waals surface area contributed by atoms with Gasteiger partial charge in [0.1, 0.15) is 17.7 Å². The summed E-state index contributed by atoms with van der Waals surface area (Å²) in [5.74, 6) is 0.942. The van der Waals surface area contributed by atoms with Gasteiger partial charge in [0.05, 0.1) is 29.2 Å². The number of ether oxygens (including phenoxy) is 2. The molecule has 0 unspecified atom stereocenters. The molecule has 2 aromatic carbocycles. The van der Waals surface area contributed by atoms with Gasteiger partial charge in [-0.2, -0.15) is 0 Å². The maximum absolute atomic E-state index is 14.2. The van der Waals surface area contributed by atoms with E-state index in [2.05, 4.69) is 11.8 Å². The Morgan fingerprint density at radius 1 is 1.00 bits per heavy atom. The van der Waals surface area contributed by atoms with Crippen molar-refractivity contribution >= 4 is 17.6 Å². The predicted octanol–water partition coefficient (Wildman–Crippen LogP) is 3.73. The molecule has 0 aromatic heterocycles. The highest BCUT2D eigenvalue weighted by Crippen LogP contribution is 2.66. The van der Waals surface area contributed by atoms with Crippen molar-refractivity contribution in [3.8, 4) is 11.5 Å². The van der Waals surface area contributed by atoms with E-state index in [-0.39, 0.29) is 17.6 Å². The van der Waals surface area contributed by atoms with Crippen LogP contribution in [-0.4, -0.2) is 76.0 Å². The Morgan fingerprint density at radius 3 is 2.45 bits per heavy atom. The van der Waals surface area contributed by atoms with Crippen LogP contribution in [0.15, 0.2) is 36.4 Å². The fourth-order valence-corrected chi connectivity index (χ4v) is 8.50. The molecule has 40 heavy (non-hydrogen) atoms. The van der Waals surface area contributed by atoms with Gasteiger partial charge >= 0.3 is 0 Å². The Labute approximate surface area is 233 Å². The van der Waals surface area contributed by atoms with Gasteiger partial charge in [0.2, 0.25) is 0 Å². The Hall–Kier alpha value is -3.23. The largest absolute Gasteiger partial charge is 0.490 e. The van der Waals surface area contributed by atoms with Gasteiger partial charge in [0.25, 0.3) is 11.8 Å². The van der Waals surface area contributed by atoms with Crippen molar-refractivity contribution < 1.29 is 29.0 Å². The van der Waals surface area contributed by atoms with Crippen LogP contribution in [0.25, 0.3) is 0 Å². The third kappa shape index (κ3) is 2.96. The van der Waals surface area contributed by atoms with E-state index in [9.17, 15) is 19.5 Å². The van der Waals surface area contributed by atoms with Crippen molar-refractivity contribution in [2.24, 2.45) is 5.92 Å². The number of aliphatic hydroxyl groups is 1. The molecule has 2 amide bonds. The number of amides is 2. The fraction of sp³-hybridized carbons (Fsp3) is 0.531. The smallest absolute Gasteiger partial charge is 0.261 e. The molecule has 8 rings (SSSR count). The lowest BCUT2D eigenvalue weighted by molar-refractivity contribution is -0.182. The molecule has 5 atom stereocenters. The number of ketones is 1. The molecule has 8 heteroatoms. The van der Waals surface area contributed by atoms with Crippen LogP contribution in [0.1, 0.15) is 88.5 Å². The fourth-order valence-electron chi connectivity index (χ4n) is 8.50. The zero-order valence-corrected chi connectivity index (χ0v) is 22.7. The Balaban J connectivity index is 1.28. The number of fused-ring (bicyclic) bond motifs is 1. The molecule has 3 aliphatic carbocycles. The van der Waals surface area contributed by atoms with E-state index in [0.717, 1.165) is 37.8 Å². The highest BCUT2D eigenvalue weighted by molar-refractivity contribution is 6.21. The maximum Gasteiger partial charge on any atom is 0.261 e. The summed E-state index contributed by atoms with van der Waals surface area (Å²) in [6, 6.07) is 9.36. The van der Waals surface area contributed by atoms with E-state index in [1.165, 1.54) is 4.90 Å². The number of nitrogens with zero attached hydrogens (tertiary/aromatic N) is 2. The summed E-state index contributed by atoms with van der Waals surface area (Å²) in [7, 11) is 0. The Morgan fingerprint density at radius 2 is 1.75 bits per heavy atom. The third-order valence-electron chi connectivity index (χ3n) is 10.5. The Kier molecular flexibility index (Phi) is 5.15. The molecule has 0 radical (unpaired) electrons. The van der Waals surface area contributed by atoms with Gasteiger partial charge in [-0.25, -0.2) is 0 Å². The molecule has 3 fully saturated rings. The summed E-state index contributed by atoms with van der Waals surface area (Å²) in [6.07, 6.45) is 4.77. The van der Waals surface area contributed by atoms with Gasteiger partial charge in [-0.3, -0.25) is 24.2 Å². The number of rotatable bonds is 7. The van der Waals surface area contributed by atoms with Crippen molar-refractivity contribution in [3.05, 3.63) is 58.7 Å². The number of carbonyl (C=O) groups excluding carboxylic acids is 3. The Bertz CT molecular complexity index is 1430. The van der Waals surface area contributed by atoms with E-state index in [4.69, 9.17) is 9.47 Å². The van der Waals surface area contributed by atoms with Crippen LogP contribution in [-0.2, 0) is 5.41 Å². The van der Waals surface area contributed by atoms with Gasteiger partial charge in [-0.1, -0.05) is 25.5 Å². The van der Waals surface area contributed by atoms with Crippen molar-refractivity contribution in [2.75, 3.05) is 19.7 Å². The maximum atomic E-state index is 14.2. The molecule has 6 aliphatic rings. The number of unbranched alkanes of at least 4 members (excludes halogenated alkanes) is 1. The molecule has 2 aromatic rings. The number of imide groups is 1. The minimum atomic E-state index is -1.36. The lowest BCUT2D eigenvalue weighted by atomic mass is 9.48. The molecular formula is C32H34N2O6. The van der Waals surface area contributed by atoms with Crippen molar-refractivity contribution in [1.82, 2.24) is 9.80 Å². The first-order chi connectivity index (χ1) is 19.4. The molecule has 2 saturated carbocycles. The van der Waals surface area contributed by atoms with Crippen LogP contribution in [0.2, 0.25) is 0 Å². The van der Waals surface area contributed by atoms with E-state index in [1.54, 1.807) is 24.3 Å². The van der Waals surface area contributed by atoms with Crippen molar-refractivity contribution in [1.29, 1.82) is 0 Å². The zero-order chi connectivity index (χ0) is 27.4. The van der Waals surface area contributed by atoms with Crippen molar-refractivity contribution in [2.45, 2.75) is 81.1 Å². The lowest BCUT2D eigenvalue weighted by Crippen LogP contribution is -2.79. The highest BCUT2D eigenvalue weighted by Gasteiger charge is 2.76. The summed E-state index contributed by atoms with van der Waals surface area (Å²) in [5, 5.41) is 12.8. The summed E-state index contributed by atoms with van der Waals surface area (Å²) in [4.78, 5) is 45.1. The minimum absolute atomic E-state index is 0.0572. The van der Waals surface area contributed by atoms with Gasteiger partial charge in [0.15, 0.2) is 17.3 Å². The van der Waals surface area contributed by atoms with Crippen LogP contribution in [0.3, 0.4) is 0 Å². The zero-order valence-electron chi connectivity index (χ0n) is 22.7. The number of hydrogen-bond donors (Lipinski definition) is 1. The predicted molar refractivity (Wildman–Crippen MR) is 145 cm³/mol. The number of benzene rings is 2. The molecular weight excluding hydrogens is 508 g/mol. The van der Waals surface area contributed by atoms with Gasteiger partial charge in [-0.05, 0) is 68.7 Å². The molecule has 3 heterocycles. The number of piperidine rings is 1. The topological polar surface area (TPSA) is 96.4 Å². The summed E-state index contributed by atoms with van der Waals surface area (Å²) in [5.41, 5.74) is -0.167. The molecule has 1 saturated heterocycles. The van der Waals surface area contributed by atoms with Crippen LogP contribution < -0.4 is 9.47 Å². The first kappa shape index (κ1) is 24.6. The van der Waals surface area contributed by atoms with Crippen LogP contribution in [0, 0.1) is 5.92 Å². The monoisotopic (exact) mass is 542 g/mol. The van der Waals surface area contributed by atoms with E-state index >= 15 is 0 Å². The number of Topliss-reactive ketones (excluding diaryl/α,β-unsaturated/α-hetero) is 1. The molecule has 1 spiro atoms. The molecule has 8 nitrogen and oxygen atoms in total. The van der Waals surface area contributed by atoms with Crippen LogP contribution in [0.4, 0.5) is 0 Å². The second kappa shape index (κ2) is 8.40. The number of likely N-dealkylation sites (tertiary alicyclic amines) is 1. The standard InChI is InChI=1S/C32H34N2O6/c1-2-3-16-39-23-11-10-21-24-26(23)40-28-22(34-29(36)19-6-4-5-7-20(19)30(34)37)12-13-32(38)27(25(21)35)33(17-18-8-9-18)15-14-31(24,28)32/h4-7,10-11,18,22,27-28,38H,2-3,8-9,12-17H2,1H3/t22-,27-,28+,31+,32-/m1/s1. The van der Waals surface area contributed by atoms with Gasteiger partial charge < -0.3 is 14.6 Å². The first-order valence-corrected chi connectivity index (χ1v) is 14.8. The average molecular weight is 543 g/mol. The second-order valence-electron chi connectivity index (χ2n) is 12.5. The third-order valence-corrected chi connectivity index (χ3v) is 10.5. The van der Waals surface area contributed by atoms with Crippen LogP contribution in [0.5, 0.6) is 11.5 Å². The quantitative estimate of drug-likeness (QED) is 0.421. The lowest BCUT2D eigenvalue weighted by Gasteiger charge is -2.63. The van der Waals surface area contributed by atoms with Crippen LogP contribution >= 0.6 is 0 Å². The summed E-state index contributed by atoms with van der Waals surface area (Å²) >= 11 is 0. The minimum Gasteiger partial charge on any atom is -0.490 e. The molecule has 2 bridgehead atoms.